The van der Waals surface area contributed by atoms with Crippen LogP contribution in [0.15, 0.2) is 22.7 Å². The summed E-state index contributed by atoms with van der Waals surface area (Å²) in [7, 11) is 0. The highest BCUT2D eigenvalue weighted by atomic mass is 79.9. The minimum atomic E-state index is -1.04. The van der Waals surface area contributed by atoms with Gasteiger partial charge < -0.3 is 5.11 Å². The van der Waals surface area contributed by atoms with Crippen LogP contribution in [0.3, 0.4) is 0 Å². The Balaban J connectivity index is 2.92. The maximum Gasteiger partial charge on any atom is 0.339 e. The third-order valence-corrected chi connectivity index (χ3v) is 3.34. The van der Waals surface area contributed by atoms with Gasteiger partial charge in [-0.05, 0) is 30.2 Å². The molecule has 1 aromatic carbocycles. The van der Waals surface area contributed by atoms with Crippen molar-refractivity contribution < 1.29 is 9.90 Å². The van der Waals surface area contributed by atoms with Crippen LogP contribution in [0.1, 0.15) is 22.8 Å². The summed E-state index contributed by atoms with van der Waals surface area (Å²) in [5.41, 5.74) is 1.52. The first-order valence-corrected chi connectivity index (χ1v) is 6.22. The Morgan fingerprint density at radius 3 is 2.82 bits per heavy atom. The number of aryl methyl sites for hydroxylation is 1. The summed E-state index contributed by atoms with van der Waals surface area (Å²) < 4.78 is 0.889. The van der Waals surface area contributed by atoms with Crippen molar-refractivity contribution in [2.24, 2.45) is 0 Å². The first-order chi connectivity index (χ1) is 8.04. The summed E-state index contributed by atoms with van der Waals surface area (Å²) in [5.74, 6) is -1.04. The number of carbonyl (C=O) groups is 1. The van der Waals surface area contributed by atoms with E-state index in [2.05, 4.69) is 20.9 Å². The molecule has 0 amide bonds. The second-order valence-electron chi connectivity index (χ2n) is 3.58. The number of hydrogen-bond donors (Lipinski definition) is 1. The average Bonchev–Trinajstić information content (AvgIpc) is 2.27. The average molecular weight is 315 g/mol. The van der Waals surface area contributed by atoms with Crippen molar-refractivity contribution in [1.82, 2.24) is 4.98 Å². The highest BCUT2D eigenvalue weighted by molar-refractivity contribution is 9.10. The molecule has 0 saturated heterocycles. The van der Waals surface area contributed by atoms with Gasteiger partial charge in [-0.15, -0.1) is 0 Å². The van der Waals surface area contributed by atoms with Crippen LogP contribution < -0.4 is 0 Å². The van der Waals surface area contributed by atoms with Crippen LogP contribution in [0.5, 0.6) is 0 Å². The van der Waals surface area contributed by atoms with E-state index < -0.39 is 5.97 Å². The zero-order valence-electron chi connectivity index (χ0n) is 9.00. The van der Waals surface area contributed by atoms with Crippen molar-refractivity contribution in [1.29, 1.82) is 0 Å². The van der Waals surface area contributed by atoms with Crippen molar-refractivity contribution in [2.75, 3.05) is 0 Å². The van der Waals surface area contributed by atoms with Crippen molar-refractivity contribution in [2.45, 2.75) is 13.3 Å². The van der Waals surface area contributed by atoms with Crippen molar-refractivity contribution in [3.8, 4) is 0 Å². The maximum absolute atomic E-state index is 11.2. The Morgan fingerprint density at radius 2 is 2.24 bits per heavy atom. The standard InChI is InChI=1S/C12H9BrClNO2/c1-2-7-8-5-6(13)3-4-9(8)15-11(14)10(7)12(16)17/h3-5H,2H2,1H3,(H,16,17). The molecule has 0 aliphatic rings. The molecular formula is C12H9BrClNO2. The van der Waals surface area contributed by atoms with Gasteiger partial charge in [-0.3, -0.25) is 0 Å². The highest BCUT2D eigenvalue weighted by Gasteiger charge is 2.18. The molecule has 0 fully saturated rings. The molecular weight excluding hydrogens is 305 g/mol. The number of nitrogens with zero attached hydrogens (tertiary/aromatic N) is 1. The van der Waals surface area contributed by atoms with Crippen molar-refractivity contribution in [3.05, 3.63) is 39.0 Å². The molecule has 2 aromatic rings. The van der Waals surface area contributed by atoms with Crippen LogP contribution in [-0.4, -0.2) is 16.1 Å². The minimum Gasteiger partial charge on any atom is -0.478 e. The number of aromatic nitrogens is 1. The zero-order valence-corrected chi connectivity index (χ0v) is 11.3. The van der Waals surface area contributed by atoms with Gasteiger partial charge in [-0.25, -0.2) is 9.78 Å². The van der Waals surface area contributed by atoms with E-state index in [4.69, 9.17) is 11.6 Å². The molecule has 0 unspecified atom stereocenters. The molecule has 0 saturated carbocycles. The summed E-state index contributed by atoms with van der Waals surface area (Å²) in [4.78, 5) is 15.3. The molecule has 1 aromatic heterocycles. The van der Waals surface area contributed by atoms with Crippen molar-refractivity contribution >= 4 is 44.4 Å². The van der Waals surface area contributed by atoms with Crippen LogP contribution in [0.4, 0.5) is 0 Å². The van der Waals surface area contributed by atoms with Gasteiger partial charge in [0.05, 0.1) is 5.52 Å². The SMILES string of the molecule is CCc1c(C(=O)O)c(Cl)nc2ccc(Br)cc12. The van der Waals surface area contributed by atoms with Crippen molar-refractivity contribution in [3.63, 3.8) is 0 Å². The smallest absolute Gasteiger partial charge is 0.339 e. The van der Waals surface area contributed by atoms with E-state index >= 15 is 0 Å². The summed E-state index contributed by atoms with van der Waals surface area (Å²) in [6.07, 6.45) is 0.594. The third kappa shape index (κ3) is 2.15. The van der Waals surface area contributed by atoms with Gasteiger partial charge in [-0.1, -0.05) is 34.5 Å². The maximum atomic E-state index is 11.2. The summed E-state index contributed by atoms with van der Waals surface area (Å²) in [6.45, 7) is 1.90. The molecule has 2 rings (SSSR count). The quantitative estimate of drug-likeness (QED) is 0.855. The van der Waals surface area contributed by atoms with Crippen LogP contribution in [0.2, 0.25) is 5.15 Å². The lowest BCUT2D eigenvalue weighted by Gasteiger charge is -2.10. The lowest BCUT2D eigenvalue weighted by molar-refractivity contribution is 0.0696. The van der Waals surface area contributed by atoms with Gasteiger partial charge >= 0.3 is 5.97 Å². The Morgan fingerprint density at radius 1 is 1.53 bits per heavy atom. The highest BCUT2D eigenvalue weighted by Crippen LogP contribution is 2.29. The first kappa shape index (κ1) is 12.3. The molecule has 88 valence electrons. The van der Waals surface area contributed by atoms with E-state index in [1.807, 2.05) is 25.1 Å². The number of halogens is 2. The molecule has 0 spiro atoms. The van der Waals surface area contributed by atoms with Crippen LogP contribution in [-0.2, 0) is 6.42 Å². The van der Waals surface area contributed by atoms with E-state index in [1.165, 1.54) is 0 Å². The Bertz CT molecular complexity index is 613. The van der Waals surface area contributed by atoms with Gasteiger partial charge in [0.1, 0.15) is 10.7 Å². The fourth-order valence-corrected chi connectivity index (χ4v) is 2.50. The Labute approximate surface area is 112 Å². The largest absolute Gasteiger partial charge is 0.478 e. The fraction of sp³-hybridized carbons (Fsp3) is 0.167. The Hall–Kier alpha value is -1.13. The fourth-order valence-electron chi connectivity index (χ4n) is 1.85. The molecule has 0 bridgehead atoms. The molecule has 5 heteroatoms. The molecule has 0 aliphatic carbocycles. The molecule has 0 atom stereocenters. The monoisotopic (exact) mass is 313 g/mol. The van der Waals surface area contributed by atoms with Gasteiger partial charge in [0.15, 0.2) is 0 Å². The molecule has 0 radical (unpaired) electrons. The predicted molar refractivity (Wildman–Crippen MR) is 70.8 cm³/mol. The normalized spacial score (nSPS) is 10.8. The number of hydrogen-bond acceptors (Lipinski definition) is 2. The second-order valence-corrected chi connectivity index (χ2v) is 4.85. The predicted octanol–water partition coefficient (Wildman–Crippen LogP) is 3.91. The lowest BCUT2D eigenvalue weighted by Crippen LogP contribution is -2.05. The van der Waals surface area contributed by atoms with E-state index in [1.54, 1.807) is 0 Å². The molecule has 17 heavy (non-hydrogen) atoms. The van der Waals surface area contributed by atoms with Crippen LogP contribution in [0.25, 0.3) is 10.9 Å². The van der Waals surface area contributed by atoms with Crippen LogP contribution >= 0.6 is 27.5 Å². The molecule has 1 heterocycles. The number of carboxylic acid groups (broad SMARTS) is 1. The van der Waals surface area contributed by atoms with Gasteiger partial charge in [-0.2, -0.15) is 0 Å². The summed E-state index contributed by atoms with van der Waals surface area (Å²) in [5, 5.41) is 10.0. The first-order valence-electron chi connectivity index (χ1n) is 5.05. The van der Waals surface area contributed by atoms with E-state index in [9.17, 15) is 9.90 Å². The molecule has 0 aliphatic heterocycles. The van der Waals surface area contributed by atoms with E-state index in [0.29, 0.717) is 17.5 Å². The summed E-state index contributed by atoms with van der Waals surface area (Å²) >= 11 is 9.29. The van der Waals surface area contributed by atoms with Gasteiger partial charge in [0.2, 0.25) is 0 Å². The summed E-state index contributed by atoms with van der Waals surface area (Å²) in [6, 6.07) is 5.53. The second kappa shape index (κ2) is 4.63. The van der Waals surface area contributed by atoms with E-state index in [0.717, 1.165) is 9.86 Å². The number of rotatable bonds is 2. The number of benzene rings is 1. The number of pyridine rings is 1. The molecule has 1 N–H and O–H groups in total. The number of aromatic carboxylic acids is 1. The topological polar surface area (TPSA) is 50.2 Å². The zero-order chi connectivity index (χ0) is 12.6. The number of fused-ring (bicyclic) bond motifs is 1. The molecule has 3 nitrogen and oxygen atoms in total. The number of carboxylic acids is 1. The van der Waals surface area contributed by atoms with Gasteiger partial charge in [0, 0.05) is 9.86 Å². The van der Waals surface area contributed by atoms with E-state index in [-0.39, 0.29) is 10.7 Å². The van der Waals surface area contributed by atoms with Crippen LogP contribution in [0, 0.1) is 0 Å². The lowest BCUT2D eigenvalue weighted by atomic mass is 10.0. The third-order valence-electron chi connectivity index (χ3n) is 2.58. The van der Waals surface area contributed by atoms with Gasteiger partial charge in [0.25, 0.3) is 0 Å². The minimum absolute atomic E-state index is 0.0455. The Kier molecular flexibility index (Phi) is 3.35.